The summed E-state index contributed by atoms with van der Waals surface area (Å²) in [5.41, 5.74) is 1.24. The van der Waals surface area contributed by atoms with Crippen molar-refractivity contribution >= 4 is 11.8 Å². The molecule has 1 aromatic carbocycles. The molecule has 0 bridgehead atoms. The molecule has 0 spiro atoms. The zero-order valence-electron chi connectivity index (χ0n) is 13.0. The molecule has 20 heavy (non-hydrogen) atoms. The van der Waals surface area contributed by atoms with Gasteiger partial charge in [-0.2, -0.15) is 11.8 Å². The van der Waals surface area contributed by atoms with E-state index in [9.17, 15) is 4.39 Å². The smallest absolute Gasteiger partial charge is 0.123 e. The van der Waals surface area contributed by atoms with Crippen molar-refractivity contribution in [1.29, 1.82) is 0 Å². The van der Waals surface area contributed by atoms with Crippen LogP contribution < -0.4 is 5.32 Å². The van der Waals surface area contributed by atoms with Gasteiger partial charge in [-0.25, -0.2) is 4.39 Å². The van der Waals surface area contributed by atoms with Gasteiger partial charge in [0.25, 0.3) is 0 Å². The molecular weight excluding hydrogens is 269 g/mol. The van der Waals surface area contributed by atoms with Gasteiger partial charge in [-0.3, -0.25) is 0 Å². The van der Waals surface area contributed by atoms with Gasteiger partial charge >= 0.3 is 0 Å². The molecule has 0 saturated heterocycles. The van der Waals surface area contributed by atoms with Gasteiger partial charge in [-0.1, -0.05) is 32.9 Å². The molecule has 3 heteroatoms. The first-order valence-corrected chi connectivity index (χ1v) is 8.82. The van der Waals surface area contributed by atoms with Crippen LogP contribution in [-0.4, -0.2) is 24.1 Å². The topological polar surface area (TPSA) is 12.0 Å². The maximum absolute atomic E-state index is 13.0. The minimum absolute atomic E-state index is 0.148. The van der Waals surface area contributed by atoms with E-state index in [1.54, 1.807) is 12.1 Å². The molecule has 1 atom stereocenters. The molecular formula is C17H28FNS. The van der Waals surface area contributed by atoms with Gasteiger partial charge in [-0.05, 0) is 60.9 Å². The van der Waals surface area contributed by atoms with E-state index in [0.717, 1.165) is 13.0 Å². The Kier molecular flexibility index (Phi) is 8.95. The first-order valence-electron chi connectivity index (χ1n) is 7.67. The Balaban J connectivity index is 2.45. The molecule has 0 radical (unpaired) electrons. The van der Waals surface area contributed by atoms with Gasteiger partial charge in [0.1, 0.15) is 5.82 Å². The van der Waals surface area contributed by atoms with E-state index < -0.39 is 0 Å². The molecule has 0 aliphatic carbocycles. The maximum Gasteiger partial charge on any atom is 0.123 e. The second-order valence-corrected chi connectivity index (χ2v) is 6.99. The summed E-state index contributed by atoms with van der Waals surface area (Å²) in [6, 6.07) is 7.48. The first kappa shape index (κ1) is 17.5. The third-order valence-electron chi connectivity index (χ3n) is 3.36. The molecule has 1 aromatic rings. The molecule has 0 amide bonds. The average Bonchev–Trinajstić information content (AvgIpc) is 2.43. The van der Waals surface area contributed by atoms with Crippen LogP contribution in [0.1, 0.15) is 39.2 Å². The second-order valence-electron chi connectivity index (χ2n) is 5.60. The number of hydrogen-bond donors (Lipinski definition) is 1. The van der Waals surface area contributed by atoms with E-state index in [-0.39, 0.29) is 5.82 Å². The predicted octanol–water partition coefficient (Wildman–Crippen LogP) is 4.52. The van der Waals surface area contributed by atoms with Gasteiger partial charge in [-0.15, -0.1) is 0 Å². The number of halogens is 1. The fraction of sp³-hybridized carbons (Fsp3) is 0.647. The van der Waals surface area contributed by atoms with Crippen molar-refractivity contribution in [3.63, 3.8) is 0 Å². The van der Waals surface area contributed by atoms with Crippen molar-refractivity contribution in [2.24, 2.45) is 5.92 Å². The van der Waals surface area contributed by atoms with Gasteiger partial charge < -0.3 is 5.32 Å². The van der Waals surface area contributed by atoms with E-state index in [1.807, 2.05) is 23.9 Å². The Morgan fingerprint density at radius 2 is 1.90 bits per heavy atom. The van der Waals surface area contributed by atoms with E-state index >= 15 is 0 Å². The Hall–Kier alpha value is -0.540. The summed E-state index contributed by atoms with van der Waals surface area (Å²) >= 11 is 2.01. The molecule has 114 valence electrons. The summed E-state index contributed by atoms with van der Waals surface area (Å²) in [5, 5.41) is 3.54. The van der Waals surface area contributed by atoms with Gasteiger partial charge in [0, 0.05) is 6.04 Å². The molecule has 1 unspecified atom stereocenters. The molecule has 0 aliphatic rings. The van der Waals surface area contributed by atoms with Crippen molar-refractivity contribution < 1.29 is 4.39 Å². The monoisotopic (exact) mass is 297 g/mol. The molecule has 0 heterocycles. The number of benzene rings is 1. The Morgan fingerprint density at radius 1 is 1.20 bits per heavy atom. The standard InChI is InChI=1S/C17H28FNS/c1-4-20-11-5-6-16(13-19-14(2)3)12-15-7-9-17(18)10-8-15/h7-10,14,16,19H,4-6,11-13H2,1-3H3. The predicted molar refractivity (Wildman–Crippen MR) is 89.0 cm³/mol. The Morgan fingerprint density at radius 3 is 2.50 bits per heavy atom. The van der Waals surface area contributed by atoms with Crippen LogP contribution in [0.15, 0.2) is 24.3 Å². The number of hydrogen-bond acceptors (Lipinski definition) is 2. The third-order valence-corrected chi connectivity index (χ3v) is 4.34. The fourth-order valence-corrected chi connectivity index (χ4v) is 2.91. The molecule has 0 aromatic heterocycles. The summed E-state index contributed by atoms with van der Waals surface area (Å²) < 4.78 is 13.0. The summed E-state index contributed by atoms with van der Waals surface area (Å²) in [5.74, 6) is 2.94. The number of rotatable bonds is 10. The van der Waals surface area contributed by atoms with Crippen molar-refractivity contribution in [3.8, 4) is 0 Å². The van der Waals surface area contributed by atoms with Crippen molar-refractivity contribution in [3.05, 3.63) is 35.6 Å². The molecule has 0 fully saturated rings. The van der Waals surface area contributed by atoms with Crippen LogP contribution in [-0.2, 0) is 6.42 Å². The van der Waals surface area contributed by atoms with Crippen molar-refractivity contribution in [1.82, 2.24) is 5.32 Å². The lowest BCUT2D eigenvalue weighted by atomic mass is 9.94. The number of thioether (sulfide) groups is 1. The van der Waals surface area contributed by atoms with Crippen molar-refractivity contribution in [2.45, 2.75) is 46.1 Å². The number of nitrogens with one attached hydrogen (secondary N) is 1. The SMILES string of the molecule is CCSCCCC(CNC(C)C)Cc1ccc(F)cc1. The zero-order chi connectivity index (χ0) is 14.8. The van der Waals surface area contributed by atoms with Crippen LogP contribution >= 0.6 is 11.8 Å². The highest BCUT2D eigenvalue weighted by atomic mass is 32.2. The van der Waals surface area contributed by atoms with E-state index in [0.29, 0.717) is 12.0 Å². The summed E-state index contributed by atoms with van der Waals surface area (Å²) in [4.78, 5) is 0. The van der Waals surface area contributed by atoms with Crippen molar-refractivity contribution in [2.75, 3.05) is 18.1 Å². The minimum atomic E-state index is -0.148. The lowest BCUT2D eigenvalue weighted by molar-refractivity contribution is 0.419. The van der Waals surface area contributed by atoms with E-state index in [4.69, 9.17) is 0 Å². The van der Waals surface area contributed by atoms with Crippen LogP contribution in [0.25, 0.3) is 0 Å². The summed E-state index contributed by atoms with van der Waals surface area (Å²) in [6.45, 7) is 7.62. The van der Waals surface area contributed by atoms with E-state index in [1.165, 1.54) is 29.9 Å². The Labute approximate surface area is 127 Å². The molecule has 1 nitrogen and oxygen atoms in total. The first-order chi connectivity index (χ1) is 9.61. The highest BCUT2D eigenvalue weighted by Crippen LogP contribution is 2.16. The summed E-state index contributed by atoms with van der Waals surface area (Å²) in [6.07, 6.45) is 3.55. The lowest BCUT2D eigenvalue weighted by Gasteiger charge is -2.19. The fourth-order valence-electron chi connectivity index (χ4n) is 2.25. The van der Waals surface area contributed by atoms with Gasteiger partial charge in [0.2, 0.25) is 0 Å². The minimum Gasteiger partial charge on any atom is -0.314 e. The Bertz CT molecular complexity index is 351. The highest BCUT2D eigenvalue weighted by molar-refractivity contribution is 7.99. The van der Waals surface area contributed by atoms with Crippen LogP contribution in [0.5, 0.6) is 0 Å². The highest BCUT2D eigenvalue weighted by Gasteiger charge is 2.10. The van der Waals surface area contributed by atoms with Gasteiger partial charge in [0.15, 0.2) is 0 Å². The van der Waals surface area contributed by atoms with Gasteiger partial charge in [0.05, 0.1) is 0 Å². The average molecular weight is 297 g/mol. The van der Waals surface area contributed by atoms with Crippen LogP contribution in [0, 0.1) is 11.7 Å². The molecule has 1 N–H and O–H groups in total. The zero-order valence-corrected chi connectivity index (χ0v) is 13.8. The lowest BCUT2D eigenvalue weighted by Crippen LogP contribution is -2.30. The van der Waals surface area contributed by atoms with Crippen LogP contribution in [0.3, 0.4) is 0 Å². The van der Waals surface area contributed by atoms with Crippen LogP contribution in [0.2, 0.25) is 0 Å². The molecule has 0 aliphatic heterocycles. The second kappa shape index (κ2) is 10.2. The normalized spacial score (nSPS) is 12.8. The maximum atomic E-state index is 13.0. The quantitative estimate of drug-likeness (QED) is 0.637. The van der Waals surface area contributed by atoms with Crippen LogP contribution in [0.4, 0.5) is 4.39 Å². The largest absolute Gasteiger partial charge is 0.314 e. The molecule has 1 rings (SSSR count). The summed E-state index contributed by atoms with van der Waals surface area (Å²) in [7, 11) is 0. The third kappa shape index (κ3) is 7.91. The molecule has 0 saturated carbocycles. The van der Waals surface area contributed by atoms with E-state index in [2.05, 4.69) is 26.1 Å².